The zero-order valence-electron chi connectivity index (χ0n) is 13.0. The van der Waals surface area contributed by atoms with Gasteiger partial charge in [0.25, 0.3) is 0 Å². The summed E-state index contributed by atoms with van der Waals surface area (Å²) in [5.41, 5.74) is 1.84. The molecule has 1 aromatic rings. The summed E-state index contributed by atoms with van der Waals surface area (Å²) in [4.78, 5) is 12.3. The van der Waals surface area contributed by atoms with Crippen molar-refractivity contribution in [1.29, 1.82) is 0 Å². The highest BCUT2D eigenvalue weighted by Gasteiger charge is 2.20. The van der Waals surface area contributed by atoms with Crippen molar-refractivity contribution in [2.45, 2.75) is 46.5 Å². The number of unbranched alkanes of at least 4 members (excludes halogenated alkanes) is 2. The second kappa shape index (κ2) is 8.35. The number of hydrogen-bond acceptors (Lipinski definition) is 2. The molecule has 0 radical (unpaired) electrons. The van der Waals surface area contributed by atoms with Gasteiger partial charge in [0.15, 0.2) is 5.78 Å². The molecule has 0 N–H and O–H groups in total. The average Bonchev–Trinajstić information content (AvgIpc) is 2.44. The van der Waals surface area contributed by atoms with Crippen LogP contribution in [0.25, 0.3) is 0 Å². The maximum atomic E-state index is 13.0. The molecule has 0 atom stereocenters. The molecule has 1 rings (SSSR count). The predicted molar refractivity (Wildman–Crippen MR) is 89.5 cm³/mol. The Hall–Kier alpha value is -0.960. The number of carbonyl (C=O) groups is 1. The van der Waals surface area contributed by atoms with Gasteiger partial charge in [-0.15, -0.1) is 0 Å². The van der Waals surface area contributed by atoms with Crippen LogP contribution in [0.4, 0.5) is 0 Å². The molecule has 0 bridgehead atoms. The Balaban J connectivity index is 2.75. The van der Waals surface area contributed by atoms with Crippen molar-refractivity contribution in [2.75, 3.05) is 17.3 Å². The minimum atomic E-state index is -2.34. The lowest BCUT2D eigenvalue weighted by Crippen LogP contribution is -2.29. The quantitative estimate of drug-likeness (QED) is 0.555. The summed E-state index contributed by atoms with van der Waals surface area (Å²) < 4.78 is 13.0. The van der Waals surface area contributed by atoms with E-state index in [1.807, 2.05) is 31.2 Å². The fourth-order valence-electron chi connectivity index (χ4n) is 2.25. The number of thiol groups is 1. The lowest BCUT2D eigenvalue weighted by Gasteiger charge is -2.22. The highest BCUT2D eigenvalue weighted by molar-refractivity contribution is 8.03. The highest BCUT2D eigenvalue weighted by atomic mass is 32.2. The summed E-state index contributed by atoms with van der Waals surface area (Å²) >= 11 is 0. The molecule has 0 amide bonds. The summed E-state index contributed by atoms with van der Waals surface area (Å²) in [5, 5.41) is 0. The molecule has 0 aromatic heterocycles. The van der Waals surface area contributed by atoms with E-state index in [0.29, 0.717) is 5.56 Å². The van der Waals surface area contributed by atoms with E-state index in [4.69, 9.17) is 0 Å². The van der Waals surface area contributed by atoms with Gasteiger partial charge in [0.2, 0.25) is 0 Å². The maximum absolute atomic E-state index is 13.0. The van der Waals surface area contributed by atoms with E-state index in [-0.39, 0.29) is 11.5 Å². The van der Waals surface area contributed by atoms with Gasteiger partial charge in [-0.1, -0.05) is 66.5 Å². The lowest BCUT2D eigenvalue weighted by atomic mass is 10.1. The molecule has 0 spiro atoms. The van der Waals surface area contributed by atoms with Gasteiger partial charge < -0.3 is 0 Å². The number of benzene rings is 1. The Morgan fingerprint density at radius 3 is 1.95 bits per heavy atom. The number of carbonyl (C=O) groups excluding carboxylic acids is 1. The second-order valence-corrected chi connectivity index (χ2v) is 8.99. The third-order valence-corrected chi connectivity index (χ3v) is 6.77. The van der Waals surface area contributed by atoms with Crippen molar-refractivity contribution >= 4 is 15.7 Å². The smallest absolute Gasteiger partial charge is 0.173 e. The van der Waals surface area contributed by atoms with Gasteiger partial charge >= 0.3 is 0 Å². The number of hydrogen-bond donors (Lipinski definition) is 1. The van der Waals surface area contributed by atoms with E-state index >= 15 is 0 Å². The van der Waals surface area contributed by atoms with Crippen LogP contribution < -0.4 is 0 Å². The van der Waals surface area contributed by atoms with Crippen LogP contribution in [-0.2, 0) is 9.93 Å². The average molecular weight is 296 g/mol. The minimum absolute atomic E-state index is 0.0422. The first kappa shape index (κ1) is 17.1. The van der Waals surface area contributed by atoms with Crippen molar-refractivity contribution in [3.8, 4) is 0 Å². The molecule has 0 saturated carbocycles. The van der Waals surface area contributed by atoms with Crippen molar-refractivity contribution < 1.29 is 9.00 Å². The van der Waals surface area contributed by atoms with Crippen LogP contribution in [0.1, 0.15) is 55.5 Å². The van der Waals surface area contributed by atoms with Gasteiger partial charge in [-0.2, -0.15) is 0 Å². The molecule has 0 heterocycles. The van der Waals surface area contributed by atoms with Crippen LogP contribution in [0.15, 0.2) is 24.3 Å². The zero-order chi connectivity index (χ0) is 15.0. The molecule has 1 aromatic carbocycles. The van der Waals surface area contributed by atoms with Crippen molar-refractivity contribution in [3.05, 3.63) is 35.4 Å². The number of aryl methyl sites for hydroxylation is 1. The van der Waals surface area contributed by atoms with Crippen molar-refractivity contribution in [3.63, 3.8) is 0 Å². The van der Waals surface area contributed by atoms with Crippen LogP contribution in [0.3, 0.4) is 0 Å². The van der Waals surface area contributed by atoms with Crippen LogP contribution in [0.5, 0.6) is 0 Å². The molecule has 0 fully saturated rings. The Kier molecular flexibility index (Phi) is 7.14. The summed E-state index contributed by atoms with van der Waals surface area (Å²) in [7, 11) is -2.34. The maximum Gasteiger partial charge on any atom is 0.173 e. The summed E-state index contributed by atoms with van der Waals surface area (Å²) in [6.07, 6.45) is 3.99. The molecule has 0 saturated heterocycles. The number of ketones is 1. The van der Waals surface area contributed by atoms with Crippen LogP contribution in [-0.4, -0.2) is 27.3 Å². The number of Topliss-reactive ketones (excluding diaryl/α,β-unsaturated/α-hetero) is 1. The van der Waals surface area contributed by atoms with Crippen molar-refractivity contribution in [1.82, 2.24) is 0 Å². The van der Waals surface area contributed by atoms with Crippen molar-refractivity contribution in [2.24, 2.45) is 0 Å². The summed E-state index contributed by atoms with van der Waals surface area (Å²) in [6, 6.07) is 7.58. The number of rotatable bonds is 9. The Morgan fingerprint density at radius 1 is 1.00 bits per heavy atom. The van der Waals surface area contributed by atoms with Gasteiger partial charge in [-0.3, -0.25) is 9.00 Å². The molecular weight excluding hydrogens is 268 g/mol. The molecule has 0 aliphatic rings. The molecule has 0 aliphatic heterocycles. The first-order chi connectivity index (χ1) is 9.50. The molecule has 3 heteroatoms. The standard InChI is InChI=1S/C17H28O2S/c1-4-6-12-20(19,13-7-5-2)14-17(18)16-10-8-15(3)9-11-16/h8-11,20H,4-7,12-14H2,1-3H3. The summed E-state index contributed by atoms with van der Waals surface area (Å²) in [6.45, 7) is 6.21. The molecule has 0 unspecified atom stereocenters. The fraction of sp³-hybridized carbons (Fsp3) is 0.588. The van der Waals surface area contributed by atoms with E-state index in [2.05, 4.69) is 13.8 Å². The van der Waals surface area contributed by atoms with Gasteiger partial charge in [0.05, 0.1) is 5.75 Å². The zero-order valence-corrected chi connectivity index (χ0v) is 13.9. The lowest BCUT2D eigenvalue weighted by molar-refractivity contribution is 0.102. The Morgan fingerprint density at radius 2 is 1.50 bits per heavy atom. The van der Waals surface area contributed by atoms with Gasteiger partial charge in [-0.25, -0.2) is 0 Å². The Bertz CT molecular complexity index is 450. The van der Waals surface area contributed by atoms with Gasteiger partial charge in [0.1, 0.15) is 0 Å². The van der Waals surface area contributed by atoms with E-state index in [1.54, 1.807) is 0 Å². The molecule has 0 aliphatic carbocycles. The third-order valence-electron chi connectivity index (χ3n) is 3.64. The Labute approximate surface area is 124 Å². The molecule has 114 valence electrons. The van der Waals surface area contributed by atoms with Gasteiger partial charge in [0, 0.05) is 17.1 Å². The highest BCUT2D eigenvalue weighted by Crippen LogP contribution is 2.15. The minimum Gasteiger partial charge on any atom is -0.293 e. The molecule has 20 heavy (non-hydrogen) atoms. The molecule has 2 nitrogen and oxygen atoms in total. The first-order valence-electron chi connectivity index (χ1n) is 7.67. The van der Waals surface area contributed by atoms with E-state index in [1.165, 1.54) is 0 Å². The van der Waals surface area contributed by atoms with E-state index in [0.717, 1.165) is 42.8 Å². The van der Waals surface area contributed by atoms with Crippen LogP contribution >= 0.6 is 0 Å². The topological polar surface area (TPSA) is 34.1 Å². The first-order valence-corrected chi connectivity index (χ1v) is 9.94. The third kappa shape index (κ3) is 5.58. The normalized spacial score (nSPS) is 12.3. The predicted octanol–water partition coefficient (Wildman–Crippen LogP) is 3.79. The van der Waals surface area contributed by atoms with Gasteiger partial charge in [-0.05, 0) is 19.8 Å². The monoisotopic (exact) mass is 296 g/mol. The summed E-state index contributed by atoms with van der Waals surface area (Å²) in [5.74, 6) is 1.73. The van der Waals surface area contributed by atoms with Crippen LogP contribution in [0.2, 0.25) is 0 Å². The van der Waals surface area contributed by atoms with E-state index < -0.39 is 9.93 Å². The second-order valence-electron chi connectivity index (χ2n) is 5.66. The molecular formula is C17H28O2S. The van der Waals surface area contributed by atoms with Crippen LogP contribution in [0, 0.1) is 6.92 Å². The van der Waals surface area contributed by atoms with E-state index in [9.17, 15) is 9.00 Å². The fourth-order valence-corrected chi connectivity index (χ4v) is 5.29. The largest absolute Gasteiger partial charge is 0.293 e. The SMILES string of the molecule is CCCC[SH](=O)(CCCC)CC(=O)c1ccc(C)cc1.